The van der Waals surface area contributed by atoms with Crippen LogP contribution in [0.25, 0.3) is 0 Å². The van der Waals surface area contributed by atoms with Gasteiger partial charge in [-0.1, -0.05) is 17.3 Å². The van der Waals surface area contributed by atoms with Crippen molar-refractivity contribution in [1.29, 1.82) is 0 Å². The fraction of sp³-hybridized carbons (Fsp3) is 0.389. The zero-order chi connectivity index (χ0) is 17.3. The highest BCUT2D eigenvalue weighted by atomic mass is 16.5. The van der Waals surface area contributed by atoms with E-state index in [0.29, 0.717) is 17.9 Å². The number of carbonyl (C=O) groups excluding carboxylic acids is 2. The van der Waals surface area contributed by atoms with Crippen molar-refractivity contribution in [2.75, 3.05) is 6.54 Å². The quantitative estimate of drug-likeness (QED) is 0.870. The maximum Gasteiger partial charge on any atom is 0.290 e. The molecule has 0 bridgehead atoms. The molecule has 1 aromatic heterocycles. The summed E-state index contributed by atoms with van der Waals surface area (Å²) in [5, 5.41) is 9.48. The molecule has 2 aromatic rings. The Kier molecular flexibility index (Phi) is 3.91. The Bertz CT molecular complexity index is 779. The van der Waals surface area contributed by atoms with Crippen LogP contribution in [-0.2, 0) is 0 Å². The highest BCUT2D eigenvalue weighted by Crippen LogP contribution is 2.36. The molecule has 0 radical (unpaired) electrons. The molecule has 1 spiro atoms. The van der Waals surface area contributed by atoms with Crippen LogP contribution in [0.15, 0.2) is 41.1 Å². The molecule has 130 valence electrons. The third kappa shape index (κ3) is 3.09. The second kappa shape index (κ2) is 6.23. The van der Waals surface area contributed by atoms with E-state index in [2.05, 4.69) is 15.8 Å². The van der Waals surface area contributed by atoms with Crippen molar-refractivity contribution < 1.29 is 18.8 Å². The van der Waals surface area contributed by atoms with Gasteiger partial charge in [0.05, 0.1) is 18.3 Å². The summed E-state index contributed by atoms with van der Waals surface area (Å²) in [6, 6.07) is 8.90. The van der Waals surface area contributed by atoms with Gasteiger partial charge in [-0.15, -0.1) is 0 Å². The number of benzene rings is 1. The first-order valence-corrected chi connectivity index (χ1v) is 8.43. The van der Waals surface area contributed by atoms with E-state index in [1.165, 1.54) is 6.20 Å². The van der Waals surface area contributed by atoms with Crippen LogP contribution in [0.2, 0.25) is 0 Å². The maximum absolute atomic E-state index is 12.2. The molecule has 1 aromatic carbocycles. The second-order valence-corrected chi connectivity index (χ2v) is 6.59. The third-order valence-electron chi connectivity index (χ3n) is 4.92. The van der Waals surface area contributed by atoms with E-state index in [-0.39, 0.29) is 23.6 Å². The average Bonchev–Trinajstić information content (AvgIpc) is 3.13. The Morgan fingerprint density at radius 1 is 1.24 bits per heavy atom. The minimum absolute atomic E-state index is 0.0565. The van der Waals surface area contributed by atoms with E-state index < -0.39 is 5.60 Å². The Morgan fingerprint density at radius 2 is 2.04 bits per heavy atom. The SMILES string of the molecule is O=C(NC1CCC2(CC1)CNC(=O)c1ccccc1O2)c1ccno1. The number of nitrogens with one attached hydrogen (secondary N) is 2. The van der Waals surface area contributed by atoms with Gasteiger partial charge in [-0.2, -0.15) is 0 Å². The molecule has 0 unspecified atom stereocenters. The second-order valence-electron chi connectivity index (χ2n) is 6.59. The molecule has 7 heteroatoms. The molecular weight excluding hydrogens is 322 g/mol. The first-order chi connectivity index (χ1) is 12.2. The molecule has 4 rings (SSSR count). The highest BCUT2D eigenvalue weighted by molar-refractivity contribution is 5.97. The van der Waals surface area contributed by atoms with E-state index in [1.807, 2.05) is 18.2 Å². The minimum Gasteiger partial charge on any atom is -0.485 e. The van der Waals surface area contributed by atoms with Gasteiger partial charge in [-0.25, -0.2) is 0 Å². The monoisotopic (exact) mass is 341 g/mol. The molecule has 0 atom stereocenters. The molecule has 7 nitrogen and oxygen atoms in total. The number of fused-ring (bicyclic) bond motifs is 1. The Hall–Kier alpha value is -2.83. The summed E-state index contributed by atoms with van der Waals surface area (Å²) in [5.41, 5.74) is 0.149. The molecule has 1 fully saturated rings. The first kappa shape index (κ1) is 15.7. The molecule has 25 heavy (non-hydrogen) atoms. The molecular formula is C18H19N3O4. The predicted octanol–water partition coefficient (Wildman–Crippen LogP) is 1.91. The van der Waals surface area contributed by atoms with Crippen molar-refractivity contribution >= 4 is 11.8 Å². The van der Waals surface area contributed by atoms with Crippen molar-refractivity contribution in [2.24, 2.45) is 0 Å². The standard InChI is InChI=1S/C18H19N3O4/c22-16-13-3-1-2-4-14(13)24-18(11-19-16)8-5-12(6-9-18)21-17(23)15-7-10-20-25-15/h1-4,7,10,12H,5-6,8-9,11H2,(H,19,22)(H,21,23). The van der Waals surface area contributed by atoms with Crippen LogP contribution in [0, 0.1) is 0 Å². The largest absolute Gasteiger partial charge is 0.485 e. The number of hydrogen-bond acceptors (Lipinski definition) is 5. The lowest BCUT2D eigenvalue weighted by molar-refractivity contribution is 0.0259. The number of ether oxygens (including phenoxy) is 1. The lowest BCUT2D eigenvalue weighted by atomic mass is 9.81. The lowest BCUT2D eigenvalue weighted by Crippen LogP contribution is -2.51. The molecule has 1 aliphatic heterocycles. The van der Waals surface area contributed by atoms with Gasteiger partial charge in [-0.05, 0) is 37.8 Å². The van der Waals surface area contributed by atoms with Crippen LogP contribution < -0.4 is 15.4 Å². The van der Waals surface area contributed by atoms with Crippen LogP contribution in [0.3, 0.4) is 0 Å². The Labute approximate surface area is 144 Å². The van der Waals surface area contributed by atoms with Gasteiger partial charge < -0.3 is 19.9 Å². The van der Waals surface area contributed by atoms with Crippen LogP contribution >= 0.6 is 0 Å². The summed E-state index contributed by atoms with van der Waals surface area (Å²) < 4.78 is 11.1. The zero-order valence-electron chi connectivity index (χ0n) is 13.7. The number of rotatable bonds is 2. The Balaban J connectivity index is 1.43. The number of carbonyl (C=O) groups is 2. The summed E-state index contributed by atoms with van der Waals surface area (Å²) in [6.45, 7) is 0.475. The van der Waals surface area contributed by atoms with Gasteiger partial charge in [0, 0.05) is 12.1 Å². The average molecular weight is 341 g/mol. The lowest BCUT2D eigenvalue weighted by Gasteiger charge is -2.39. The number of para-hydroxylation sites is 1. The summed E-state index contributed by atoms with van der Waals surface area (Å²) >= 11 is 0. The van der Waals surface area contributed by atoms with E-state index in [4.69, 9.17) is 9.26 Å². The smallest absolute Gasteiger partial charge is 0.290 e. The van der Waals surface area contributed by atoms with E-state index in [1.54, 1.807) is 12.1 Å². The molecule has 1 aliphatic carbocycles. The zero-order valence-corrected chi connectivity index (χ0v) is 13.7. The summed E-state index contributed by atoms with van der Waals surface area (Å²) in [5.74, 6) is 0.487. The van der Waals surface area contributed by atoms with Crippen LogP contribution in [0.1, 0.15) is 46.6 Å². The fourth-order valence-electron chi connectivity index (χ4n) is 3.51. The molecule has 2 aliphatic rings. The number of amides is 2. The van der Waals surface area contributed by atoms with Gasteiger partial charge >= 0.3 is 0 Å². The van der Waals surface area contributed by atoms with Crippen LogP contribution in [-0.4, -0.2) is 35.2 Å². The third-order valence-corrected chi connectivity index (χ3v) is 4.92. The van der Waals surface area contributed by atoms with Crippen molar-refractivity contribution in [2.45, 2.75) is 37.3 Å². The van der Waals surface area contributed by atoms with Crippen molar-refractivity contribution in [3.8, 4) is 5.75 Å². The number of nitrogens with zero attached hydrogens (tertiary/aromatic N) is 1. The van der Waals surface area contributed by atoms with E-state index in [9.17, 15) is 9.59 Å². The van der Waals surface area contributed by atoms with Gasteiger partial charge in [-0.3, -0.25) is 9.59 Å². The molecule has 0 saturated heterocycles. The molecule has 2 N–H and O–H groups in total. The van der Waals surface area contributed by atoms with E-state index >= 15 is 0 Å². The summed E-state index contributed by atoms with van der Waals surface area (Å²) in [7, 11) is 0. The highest BCUT2D eigenvalue weighted by Gasteiger charge is 2.40. The van der Waals surface area contributed by atoms with Crippen molar-refractivity contribution in [3.05, 3.63) is 47.9 Å². The van der Waals surface area contributed by atoms with Gasteiger partial charge in [0.1, 0.15) is 11.4 Å². The molecule has 2 heterocycles. The summed E-state index contributed by atoms with van der Waals surface area (Å²) in [6.07, 6.45) is 4.51. The van der Waals surface area contributed by atoms with E-state index in [0.717, 1.165) is 25.7 Å². The number of aromatic nitrogens is 1. The topological polar surface area (TPSA) is 93.5 Å². The minimum atomic E-state index is -0.421. The first-order valence-electron chi connectivity index (χ1n) is 8.43. The predicted molar refractivity (Wildman–Crippen MR) is 88.4 cm³/mol. The van der Waals surface area contributed by atoms with Gasteiger partial charge in [0.25, 0.3) is 11.8 Å². The van der Waals surface area contributed by atoms with Gasteiger partial charge in [0.15, 0.2) is 0 Å². The van der Waals surface area contributed by atoms with Crippen LogP contribution in [0.4, 0.5) is 0 Å². The fourth-order valence-corrected chi connectivity index (χ4v) is 3.51. The normalized spacial score (nSPS) is 25.4. The Morgan fingerprint density at radius 3 is 2.80 bits per heavy atom. The summed E-state index contributed by atoms with van der Waals surface area (Å²) in [4.78, 5) is 24.3. The van der Waals surface area contributed by atoms with Gasteiger partial charge in [0.2, 0.25) is 5.76 Å². The maximum atomic E-state index is 12.2. The molecule has 2 amide bonds. The number of hydrogen-bond donors (Lipinski definition) is 2. The molecule has 1 saturated carbocycles. The van der Waals surface area contributed by atoms with Crippen molar-refractivity contribution in [3.63, 3.8) is 0 Å². The van der Waals surface area contributed by atoms with Crippen LogP contribution in [0.5, 0.6) is 5.75 Å². The van der Waals surface area contributed by atoms with Crippen molar-refractivity contribution in [1.82, 2.24) is 15.8 Å².